The summed E-state index contributed by atoms with van der Waals surface area (Å²) in [6, 6.07) is 12.6. The van der Waals surface area contributed by atoms with Crippen molar-refractivity contribution < 1.29 is 4.92 Å². The van der Waals surface area contributed by atoms with Crippen LogP contribution >= 0.6 is 23.6 Å². The van der Waals surface area contributed by atoms with Crippen molar-refractivity contribution >= 4 is 46.3 Å². The Kier molecular flexibility index (Phi) is 4.49. The third-order valence-electron chi connectivity index (χ3n) is 2.39. The molecule has 0 N–H and O–H groups in total. The first-order valence-electron chi connectivity index (χ1n) is 5.44. The molecule has 8 heteroatoms. The molecule has 2 aromatic rings. The Balaban J connectivity index is 2.10. The number of nitro benzene ring substituents is 1. The monoisotopic (exact) mass is 310 g/mol. The Bertz CT molecular complexity index is 627. The summed E-state index contributed by atoms with van der Waals surface area (Å²) in [5.41, 5.74) is 1.76. The fraction of sp³-hybridized carbons (Fsp3) is 0. The molecule has 0 saturated heterocycles. The third kappa shape index (κ3) is 3.66. The van der Waals surface area contributed by atoms with Crippen molar-refractivity contribution in [1.29, 1.82) is 0 Å². The molecule has 0 bridgehead atoms. The molecule has 102 valence electrons. The average Bonchev–Trinajstić information content (AvgIpc) is 2.46. The lowest BCUT2D eigenvalue weighted by Crippen LogP contribution is -1.89. The van der Waals surface area contributed by atoms with Crippen molar-refractivity contribution in [2.24, 2.45) is 10.2 Å². The van der Waals surface area contributed by atoms with E-state index in [1.807, 2.05) is 0 Å². The minimum atomic E-state index is -0.469. The first-order chi connectivity index (χ1) is 9.56. The van der Waals surface area contributed by atoms with Gasteiger partial charge in [-0.25, -0.2) is 0 Å². The molecule has 0 spiro atoms. The van der Waals surface area contributed by atoms with Gasteiger partial charge in [-0.3, -0.25) is 10.1 Å². The van der Waals surface area contributed by atoms with E-state index >= 15 is 0 Å². The van der Waals surface area contributed by atoms with E-state index in [1.54, 1.807) is 24.3 Å². The lowest BCUT2D eigenvalue weighted by atomic mass is 10.3. The second kappa shape index (κ2) is 6.31. The normalized spacial score (nSPS) is 10.7. The van der Waals surface area contributed by atoms with E-state index < -0.39 is 4.92 Å². The standard InChI is InChI=1S/C12H8Cl2N4O2/c13-17(14)11-5-1-9(2-6-11)15-16-10-3-7-12(8-4-10)18(19)20/h1-8H. The summed E-state index contributed by atoms with van der Waals surface area (Å²) < 4.78 is 0.942. The maximum absolute atomic E-state index is 10.5. The van der Waals surface area contributed by atoms with Crippen LogP contribution in [0.4, 0.5) is 22.7 Å². The fourth-order valence-electron chi connectivity index (χ4n) is 1.39. The zero-order valence-electron chi connectivity index (χ0n) is 9.98. The van der Waals surface area contributed by atoms with Crippen molar-refractivity contribution in [2.45, 2.75) is 0 Å². The lowest BCUT2D eigenvalue weighted by molar-refractivity contribution is -0.384. The first kappa shape index (κ1) is 14.2. The van der Waals surface area contributed by atoms with E-state index in [4.69, 9.17) is 23.6 Å². The van der Waals surface area contributed by atoms with Crippen LogP contribution in [-0.2, 0) is 0 Å². The predicted octanol–water partition coefficient (Wildman–Crippen LogP) is 5.12. The maximum Gasteiger partial charge on any atom is 0.269 e. The van der Waals surface area contributed by atoms with E-state index in [9.17, 15) is 10.1 Å². The van der Waals surface area contributed by atoms with Crippen molar-refractivity contribution in [2.75, 3.05) is 3.94 Å². The summed E-state index contributed by atoms with van der Waals surface area (Å²) in [6.07, 6.45) is 0. The molecule has 0 atom stereocenters. The van der Waals surface area contributed by atoms with Gasteiger partial charge in [0.25, 0.3) is 5.69 Å². The quantitative estimate of drug-likeness (QED) is 0.340. The second-order valence-corrected chi connectivity index (χ2v) is 4.57. The molecular weight excluding hydrogens is 303 g/mol. The van der Waals surface area contributed by atoms with Crippen LogP contribution in [0, 0.1) is 10.1 Å². The molecule has 20 heavy (non-hydrogen) atoms. The van der Waals surface area contributed by atoms with Gasteiger partial charge in [0.15, 0.2) is 0 Å². The van der Waals surface area contributed by atoms with Crippen LogP contribution in [-0.4, -0.2) is 4.92 Å². The Hall–Kier alpha value is -2.18. The van der Waals surface area contributed by atoms with E-state index in [-0.39, 0.29) is 5.69 Å². The Labute approximate surface area is 124 Å². The van der Waals surface area contributed by atoms with Gasteiger partial charge < -0.3 is 0 Å². The van der Waals surface area contributed by atoms with Crippen LogP contribution in [0.2, 0.25) is 0 Å². The molecular formula is C12H8Cl2N4O2. The van der Waals surface area contributed by atoms with Crippen LogP contribution in [0.25, 0.3) is 0 Å². The molecule has 0 saturated carbocycles. The topological polar surface area (TPSA) is 71.1 Å². The Morgan fingerprint density at radius 3 is 1.75 bits per heavy atom. The number of nitro groups is 1. The van der Waals surface area contributed by atoms with Gasteiger partial charge in [0.2, 0.25) is 0 Å². The molecule has 2 rings (SSSR count). The number of hydrogen-bond donors (Lipinski definition) is 0. The minimum absolute atomic E-state index is 0.0117. The van der Waals surface area contributed by atoms with Crippen LogP contribution < -0.4 is 3.94 Å². The highest BCUT2D eigenvalue weighted by Crippen LogP contribution is 2.24. The SMILES string of the molecule is O=[N+]([O-])c1ccc(N=Nc2ccc(N(Cl)Cl)cc2)cc1. The van der Waals surface area contributed by atoms with E-state index in [0.717, 1.165) is 3.94 Å². The molecule has 2 aromatic carbocycles. The van der Waals surface area contributed by atoms with Gasteiger partial charge in [-0.1, -0.05) is 0 Å². The largest absolute Gasteiger partial charge is 0.269 e. The van der Waals surface area contributed by atoms with E-state index in [1.165, 1.54) is 24.3 Å². The van der Waals surface area contributed by atoms with Gasteiger partial charge in [0.1, 0.15) is 0 Å². The van der Waals surface area contributed by atoms with Crippen LogP contribution in [0.5, 0.6) is 0 Å². The molecule has 0 heterocycles. The van der Waals surface area contributed by atoms with Crippen molar-refractivity contribution in [3.8, 4) is 0 Å². The number of halogens is 2. The molecule has 0 aromatic heterocycles. The van der Waals surface area contributed by atoms with Crippen LogP contribution in [0.3, 0.4) is 0 Å². The van der Waals surface area contributed by atoms with Crippen LogP contribution in [0.15, 0.2) is 58.8 Å². The molecule has 0 unspecified atom stereocenters. The summed E-state index contributed by atoms with van der Waals surface area (Å²) in [5.74, 6) is 0. The minimum Gasteiger partial charge on any atom is -0.258 e. The highest BCUT2D eigenvalue weighted by Gasteiger charge is 2.03. The molecule has 0 aliphatic carbocycles. The number of benzene rings is 2. The van der Waals surface area contributed by atoms with Gasteiger partial charge in [0, 0.05) is 35.7 Å². The number of non-ortho nitro benzene ring substituents is 1. The van der Waals surface area contributed by atoms with Gasteiger partial charge >= 0.3 is 0 Å². The average molecular weight is 311 g/mol. The van der Waals surface area contributed by atoms with E-state index in [0.29, 0.717) is 17.1 Å². The molecule has 0 radical (unpaired) electrons. The van der Waals surface area contributed by atoms with Gasteiger partial charge in [-0.05, 0) is 36.4 Å². The Morgan fingerprint density at radius 2 is 1.35 bits per heavy atom. The van der Waals surface area contributed by atoms with Crippen LogP contribution in [0.1, 0.15) is 0 Å². The van der Waals surface area contributed by atoms with Crippen molar-refractivity contribution in [3.63, 3.8) is 0 Å². The highest BCUT2D eigenvalue weighted by atomic mass is 35.5. The summed E-state index contributed by atoms with van der Waals surface area (Å²) in [7, 11) is 0. The lowest BCUT2D eigenvalue weighted by Gasteiger charge is -2.04. The van der Waals surface area contributed by atoms with Gasteiger partial charge in [-0.2, -0.15) is 14.2 Å². The summed E-state index contributed by atoms with van der Waals surface area (Å²) >= 11 is 11.1. The highest BCUT2D eigenvalue weighted by molar-refractivity contribution is 6.49. The van der Waals surface area contributed by atoms with Gasteiger partial charge in [-0.15, -0.1) is 0 Å². The zero-order chi connectivity index (χ0) is 14.5. The van der Waals surface area contributed by atoms with Gasteiger partial charge in [0.05, 0.1) is 22.0 Å². The van der Waals surface area contributed by atoms with Crippen molar-refractivity contribution in [3.05, 3.63) is 58.6 Å². The predicted molar refractivity (Wildman–Crippen MR) is 77.9 cm³/mol. The number of hydrogen-bond acceptors (Lipinski definition) is 5. The van der Waals surface area contributed by atoms with Crippen molar-refractivity contribution in [1.82, 2.24) is 0 Å². The first-order valence-corrected chi connectivity index (χ1v) is 6.12. The smallest absolute Gasteiger partial charge is 0.258 e. The summed E-state index contributed by atoms with van der Waals surface area (Å²) in [6.45, 7) is 0. The number of anilines is 1. The molecule has 0 amide bonds. The summed E-state index contributed by atoms with van der Waals surface area (Å²) in [5, 5.41) is 18.5. The molecule has 0 aliphatic heterocycles. The Morgan fingerprint density at radius 1 is 0.900 bits per heavy atom. The zero-order valence-corrected chi connectivity index (χ0v) is 11.5. The molecule has 0 aliphatic rings. The number of nitrogens with zero attached hydrogens (tertiary/aromatic N) is 4. The van der Waals surface area contributed by atoms with E-state index in [2.05, 4.69) is 10.2 Å². The summed E-state index contributed by atoms with van der Waals surface area (Å²) in [4.78, 5) is 10.0. The number of azo groups is 1. The number of rotatable bonds is 4. The fourth-order valence-corrected chi connectivity index (χ4v) is 1.61. The molecule has 0 fully saturated rings. The third-order valence-corrected chi connectivity index (χ3v) is 2.78. The molecule has 6 nitrogen and oxygen atoms in total. The second-order valence-electron chi connectivity index (χ2n) is 3.72. The maximum atomic E-state index is 10.5.